The van der Waals surface area contributed by atoms with Gasteiger partial charge in [0.25, 0.3) is 0 Å². The average Bonchev–Trinajstić information content (AvgIpc) is 2.18. The van der Waals surface area contributed by atoms with E-state index in [0.29, 0.717) is 5.56 Å². The van der Waals surface area contributed by atoms with Crippen LogP contribution in [0.1, 0.15) is 33.3 Å². The first-order chi connectivity index (χ1) is 6.20. The van der Waals surface area contributed by atoms with E-state index < -0.39 is 0 Å². The number of phenolic OH excluding ortho intramolecular Hbond substituents is 1. The summed E-state index contributed by atoms with van der Waals surface area (Å²) in [6.07, 6.45) is 0. The third-order valence-electron chi connectivity index (χ3n) is 1.16. The molecule has 0 heterocycles. The standard InChI is InChI=1S/C7H7FO.2C2H6/c1-5-2-3-6(9)4-7(5)8;2*1-2/h2-4,9H,1H3;2*1-2H3. The van der Waals surface area contributed by atoms with E-state index in [0.717, 1.165) is 6.07 Å². The van der Waals surface area contributed by atoms with Gasteiger partial charge in [-0.15, -0.1) is 0 Å². The van der Waals surface area contributed by atoms with Crippen molar-refractivity contribution in [1.82, 2.24) is 0 Å². The van der Waals surface area contributed by atoms with Crippen LogP contribution in [0.5, 0.6) is 5.75 Å². The van der Waals surface area contributed by atoms with Crippen molar-refractivity contribution < 1.29 is 9.50 Å². The fraction of sp³-hybridized carbons (Fsp3) is 0.455. The zero-order valence-electron chi connectivity index (χ0n) is 9.06. The normalized spacial score (nSPS) is 7.54. The molecule has 0 aliphatic carbocycles. The third-order valence-corrected chi connectivity index (χ3v) is 1.16. The highest BCUT2D eigenvalue weighted by Crippen LogP contribution is 2.12. The molecule has 2 heteroatoms. The van der Waals surface area contributed by atoms with Crippen LogP contribution < -0.4 is 0 Å². The highest BCUT2D eigenvalue weighted by atomic mass is 19.1. The molecule has 76 valence electrons. The lowest BCUT2D eigenvalue weighted by molar-refractivity contribution is 0.468. The van der Waals surface area contributed by atoms with Gasteiger partial charge in [0.1, 0.15) is 11.6 Å². The number of rotatable bonds is 0. The van der Waals surface area contributed by atoms with Gasteiger partial charge in [0.2, 0.25) is 0 Å². The Bertz CT molecular complexity index is 221. The summed E-state index contributed by atoms with van der Waals surface area (Å²) < 4.78 is 12.4. The van der Waals surface area contributed by atoms with E-state index in [4.69, 9.17) is 5.11 Å². The summed E-state index contributed by atoms with van der Waals surface area (Å²) in [6, 6.07) is 4.08. The molecule has 0 bridgehead atoms. The molecule has 13 heavy (non-hydrogen) atoms. The predicted octanol–water partition coefficient (Wildman–Crippen LogP) is 3.89. The molecule has 0 saturated heterocycles. The number of benzene rings is 1. The minimum absolute atomic E-state index is 0.0295. The molecule has 0 fully saturated rings. The van der Waals surface area contributed by atoms with E-state index in [-0.39, 0.29) is 11.6 Å². The van der Waals surface area contributed by atoms with E-state index in [9.17, 15) is 4.39 Å². The lowest BCUT2D eigenvalue weighted by Gasteiger charge is -1.93. The van der Waals surface area contributed by atoms with E-state index in [2.05, 4.69) is 0 Å². The van der Waals surface area contributed by atoms with Crippen LogP contribution in [-0.4, -0.2) is 5.11 Å². The third kappa shape index (κ3) is 6.14. The molecule has 0 aromatic heterocycles. The molecule has 0 aliphatic rings. The average molecular weight is 186 g/mol. The molecule has 0 amide bonds. The fourth-order valence-corrected chi connectivity index (χ4v) is 0.582. The van der Waals surface area contributed by atoms with E-state index >= 15 is 0 Å². The van der Waals surface area contributed by atoms with Crippen LogP contribution >= 0.6 is 0 Å². The maximum absolute atomic E-state index is 12.4. The summed E-state index contributed by atoms with van der Waals surface area (Å²) in [4.78, 5) is 0. The predicted molar refractivity (Wildman–Crippen MR) is 55.5 cm³/mol. The first-order valence-corrected chi connectivity index (χ1v) is 4.65. The first-order valence-electron chi connectivity index (χ1n) is 4.65. The topological polar surface area (TPSA) is 20.2 Å². The van der Waals surface area contributed by atoms with E-state index in [1.165, 1.54) is 12.1 Å². The van der Waals surface area contributed by atoms with Crippen molar-refractivity contribution in [2.24, 2.45) is 0 Å². The smallest absolute Gasteiger partial charge is 0.129 e. The Hall–Kier alpha value is -1.05. The summed E-state index contributed by atoms with van der Waals surface area (Å²) in [7, 11) is 0. The van der Waals surface area contributed by atoms with Gasteiger partial charge in [-0.2, -0.15) is 0 Å². The van der Waals surface area contributed by atoms with Crippen LogP contribution in [-0.2, 0) is 0 Å². The number of hydrogen-bond acceptors (Lipinski definition) is 1. The number of halogens is 1. The molecule has 0 saturated carbocycles. The van der Waals surface area contributed by atoms with Crippen molar-refractivity contribution in [1.29, 1.82) is 0 Å². The Balaban J connectivity index is 0. The zero-order chi connectivity index (χ0) is 10.9. The van der Waals surface area contributed by atoms with Gasteiger partial charge in [0.05, 0.1) is 0 Å². The van der Waals surface area contributed by atoms with E-state index in [1.54, 1.807) is 6.92 Å². The van der Waals surface area contributed by atoms with Gasteiger partial charge in [-0.1, -0.05) is 33.8 Å². The second kappa shape index (κ2) is 9.04. The largest absolute Gasteiger partial charge is 0.508 e. The lowest BCUT2D eigenvalue weighted by Crippen LogP contribution is -1.78. The Morgan fingerprint density at radius 2 is 1.54 bits per heavy atom. The van der Waals surface area contributed by atoms with Crippen molar-refractivity contribution in [3.8, 4) is 5.75 Å². The van der Waals surface area contributed by atoms with Gasteiger partial charge in [-0.3, -0.25) is 0 Å². The highest BCUT2D eigenvalue weighted by molar-refractivity contribution is 5.26. The minimum atomic E-state index is -0.366. The Morgan fingerprint density at radius 3 is 1.85 bits per heavy atom. The lowest BCUT2D eigenvalue weighted by atomic mass is 10.2. The van der Waals surface area contributed by atoms with Crippen LogP contribution in [0.4, 0.5) is 4.39 Å². The van der Waals surface area contributed by atoms with Crippen molar-refractivity contribution in [3.05, 3.63) is 29.6 Å². The van der Waals surface area contributed by atoms with Gasteiger partial charge in [0.15, 0.2) is 0 Å². The summed E-state index contributed by atoms with van der Waals surface area (Å²) in [5.41, 5.74) is 0.549. The Morgan fingerprint density at radius 1 is 1.08 bits per heavy atom. The molecular weight excluding hydrogens is 167 g/mol. The summed E-state index contributed by atoms with van der Waals surface area (Å²) >= 11 is 0. The molecule has 1 aromatic rings. The number of phenols is 1. The molecule has 0 radical (unpaired) electrons. The number of aromatic hydroxyl groups is 1. The Kier molecular flexibility index (Phi) is 10.1. The summed E-state index contributed by atoms with van der Waals surface area (Å²) in [5.74, 6) is -0.395. The SMILES string of the molecule is CC.CC.Cc1ccc(O)cc1F. The molecule has 0 unspecified atom stereocenters. The number of hydrogen-bond donors (Lipinski definition) is 1. The quantitative estimate of drug-likeness (QED) is 0.651. The van der Waals surface area contributed by atoms with E-state index in [1.807, 2.05) is 27.7 Å². The minimum Gasteiger partial charge on any atom is -0.508 e. The van der Waals surface area contributed by atoms with Crippen molar-refractivity contribution in [3.63, 3.8) is 0 Å². The monoisotopic (exact) mass is 186 g/mol. The van der Waals surface area contributed by atoms with Crippen LogP contribution in [0, 0.1) is 12.7 Å². The first kappa shape index (κ1) is 14.5. The van der Waals surface area contributed by atoms with Crippen molar-refractivity contribution >= 4 is 0 Å². The molecule has 1 rings (SSSR count). The van der Waals surface area contributed by atoms with Gasteiger partial charge in [0, 0.05) is 6.07 Å². The number of aryl methyl sites for hydroxylation is 1. The molecular formula is C11H19FO. The molecule has 0 aliphatic heterocycles. The zero-order valence-corrected chi connectivity index (χ0v) is 9.06. The summed E-state index contributed by atoms with van der Waals surface area (Å²) in [5, 5.41) is 8.70. The molecule has 0 spiro atoms. The summed E-state index contributed by atoms with van der Waals surface area (Å²) in [6.45, 7) is 9.65. The fourth-order valence-electron chi connectivity index (χ4n) is 0.582. The second-order valence-corrected chi connectivity index (χ2v) is 1.93. The van der Waals surface area contributed by atoms with Crippen LogP contribution in [0.3, 0.4) is 0 Å². The van der Waals surface area contributed by atoms with Crippen LogP contribution in [0.2, 0.25) is 0 Å². The van der Waals surface area contributed by atoms with Crippen LogP contribution in [0.25, 0.3) is 0 Å². The van der Waals surface area contributed by atoms with Gasteiger partial charge in [-0.25, -0.2) is 4.39 Å². The van der Waals surface area contributed by atoms with Gasteiger partial charge < -0.3 is 5.11 Å². The maximum Gasteiger partial charge on any atom is 0.129 e. The Labute approximate surface area is 80.2 Å². The molecule has 0 atom stereocenters. The second-order valence-electron chi connectivity index (χ2n) is 1.93. The highest BCUT2D eigenvalue weighted by Gasteiger charge is 1.95. The molecule has 1 aromatic carbocycles. The molecule has 1 nitrogen and oxygen atoms in total. The van der Waals surface area contributed by atoms with Gasteiger partial charge in [-0.05, 0) is 18.6 Å². The maximum atomic E-state index is 12.4. The molecule has 1 N–H and O–H groups in total. The van der Waals surface area contributed by atoms with Crippen molar-refractivity contribution in [2.75, 3.05) is 0 Å². The van der Waals surface area contributed by atoms with Crippen molar-refractivity contribution in [2.45, 2.75) is 34.6 Å². The van der Waals surface area contributed by atoms with Gasteiger partial charge >= 0.3 is 0 Å². The van der Waals surface area contributed by atoms with Crippen LogP contribution in [0.15, 0.2) is 18.2 Å².